The summed E-state index contributed by atoms with van der Waals surface area (Å²) in [6.45, 7) is 0.113. The SMILES string of the molecule is CNc1cc(C(N)=O)ccc1NOCCO. The summed E-state index contributed by atoms with van der Waals surface area (Å²) in [6.07, 6.45) is 0. The Morgan fingerprint density at radius 2 is 2.25 bits per heavy atom. The molecule has 1 aromatic carbocycles. The van der Waals surface area contributed by atoms with Crippen molar-refractivity contribution >= 4 is 17.3 Å². The summed E-state index contributed by atoms with van der Waals surface area (Å²) in [5.41, 5.74) is 9.58. The molecule has 16 heavy (non-hydrogen) atoms. The Bertz CT molecular complexity index is 368. The van der Waals surface area contributed by atoms with Crippen LogP contribution >= 0.6 is 0 Å². The highest BCUT2D eigenvalue weighted by Gasteiger charge is 2.05. The van der Waals surface area contributed by atoms with Crippen molar-refractivity contribution in [2.45, 2.75) is 0 Å². The summed E-state index contributed by atoms with van der Waals surface area (Å²) in [5.74, 6) is -0.487. The van der Waals surface area contributed by atoms with Crippen LogP contribution < -0.4 is 16.5 Å². The molecule has 0 saturated carbocycles. The second-order valence-electron chi connectivity index (χ2n) is 3.05. The lowest BCUT2D eigenvalue weighted by Gasteiger charge is -2.11. The number of carbonyl (C=O) groups excluding carboxylic acids is 1. The number of rotatable bonds is 6. The van der Waals surface area contributed by atoms with Gasteiger partial charge in [-0.25, -0.2) is 0 Å². The molecule has 88 valence electrons. The average molecular weight is 225 g/mol. The number of hydrogen-bond acceptors (Lipinski definition) is 5. The third-order valence-electron chi connectivity index (χ3n) is 1.95. The number of aliphatic hydroxyl groups excluding tert-OH is 1. The first kappa shape index (κ1) is 12.3. The van der Waals surface area contributed by atoms with Crippen LogP contribution in [0.1, 0.15) is 10.4 Å². The Morgan fingerprint density at radius 1 is 1.50 bits per heavy atom. The summed E-state index contributed by atoms with van der Waals surface area (Å²) >= 11 is 0. The maximum Gasteiger partial charge on any atom is 0.248 e. The maximum atomic E-state index is 11.0. The molecule has 0 aliphatic carbocycles. The molecule has 0 aromatic heterocycles. The highest BCUT2D eigenvalue weighted by molar-refractivity contribution is 5.95. The van der Waals surface area contributed by atoms with E-state index in [1.54, 1.807) is 25.2 Å². The van der Waals surface area contributed by atoms with Gasteiger partial charge in [-0.15, -0.1) is 0 Å². The van der Waals surface area contributed by atoms with Gasteiger partial charge in [0.15, 0.2) is 0 Å². The van der Waals surface area contributed by atoms with Gasteiger partial charge in [0.2, 0.25) is 5.91 Å². The standard InChI is InChI=1S/C10H15N3O3/c1-12-9-6-7(10(11)15)2-3-8(9)13-16-5-4-14/h2-3,6,12-14H,4-5H2,1H3,(H2,11,15). The fraction of sp³-hybridized carbons (Fsp3) is 0.300. The fourth-order valence-corrected chi connectivity index (χ4v) is 1.17. The molecule has 1 aromatic rings. The zero-order chi connectivity index (χ0) is 12.0. The topological polar surface area (TPSA) is 96.6 Å². The van der Waals surface area contributed by atoms with Crippen LogP contribution in [0.5, 0.6) is 0 Å². The zero-order valence-corrected chi connectivity index (χ0v) is 8.99. The molecule has 1 rings (SSSR count). The Morgan fingerprint density at radius 3 is 2.81 bits per heavy atom. The van der Waals surface area contributed by atoms with Gasteiger partial charge in [-0.05, 0) is 18.2 Å². The van der Waals surface area contributed by atoms with Gasteiger partial charge >= 0.3 is 0 Å². The van der Waals surface area contributed by atoms with Crippen molar-refractivity contribution < 1.29 is 14.7 Å². The molecule has 0 radical (unpaired) electrons. The maximum absolute atomic E-state index is 11.0. The van der Waals surface area contributed by atoms with E-state index in [4.69, 9.17) is 15.7 Å². The molecule has 0 aliphatic rings. The van der Waals surface area contributed by atoms with Gasteiger partial charge in [0.05, 0.1) is 24.6 Å². The van der Waals surface area contributed by atoms with Gasteiger partial charge in [0, 0.05) is 12.6 Å². The predicted octanol–water partition coefficient (Wildman–Crippen LogP) is 0.163. The summed E-state index contributed by atoms with van der Waals surface area (Å²) in [7, 11) is 1.72. The van der Waals surface area contributed by atoms with Gasteiger partial charge in [0.25, 0.3) is 0 Å². The molecule has 0 aliphatic heterocycles. The number of amides is 1. The lowest BCUT2D eigenvalue weighted by Crippen LogP contribution is -2.12. The molecule has 0 saturated heterocycles. The van der Waals surface area contributed by atoms with Crippen molar-refractivity contribution in [1.29, 1.82) is 0 Å². The van der Waals surface area contributed by atoms with Crippen LogP contribution in [0.2, 0.25) is 0 Å². The molecular formula is C10H15N3O3. The molecule has 0 atom stereocenters. The van der Waals surface area contributed by atoms with Crippen molar-refractivity contribution in [1.82, 2.24) is 0 Å². The largest absolute Gasteiger partial charge is 0.394 e. The average Bonchev–Trinajstić information content (AvgIpc) is 2.29. The number of carbonyl (C=O) groups is 1. The zero-order valence-electron chi connectivity index (χ0n) is 8.99. The van der Waals surface area contributed by atoms with E-state index in [1.807, 2.05) is 0 Å². The van der Waals surface area contributed by atoms with E-state index in [9.17, 15) is 4.79 Å². The molecule has 1 amide bonds. The molecule has 5 N–H and O–H groups in total. The molecule has 6 heteroatoms. The summed E-state index contributed by atoms with van der Waals surface area (Å²) in [5, 5.41) is 11.5. The van der Waals surface area contributed by atoms with Crippen LogP contribution in [0.3, 0.4) is 0 Å². The second kappa shape index (κ2) is 5.94. The van der Waals surface area contributed by atoms with Gasteiger partial charge in [-0.2, -0.15) is 0 Å². The number of benzene rings is 1. The van der Waals surface area contributed by atoms with Crippen LogP contribution in [-0.4, -0.2) is 31.3 Å². The Kier molecular flexibility index (Phi) is 4.56. The number of nitrogens with two attached hydrogens (primary N) is 1. The van der Waals surface area contributed by atoms with Crippen LogP contribution in [0, 0.1) is 0 Å². The summed E-state index contributed by atoms with van der Waals surface area (Å²) in [6, 6.07) is 4.88. The van der Waals surface area contributed by atoms with E-state index < -0.39 is 5.91 Å². The van der Waals surface area contributed by atoms with Gasteiger partial charge in [0.1, 0.15) is 0 Å². The normalized spacial score (nSPS) is 9.88. The molecule has 0 fully saturated rings. The first-order valence-corrected chi connectivity index (χ1v) is 4.79. The van der Waals surface area contributed by atoms with Crippen LogP contribution in [0.15, 0.2) is 18.2 Å². The van der Waals surface area contributed by atoms with Crippen LogP contribution in [0.25, 0.3) is 0 Å². The number of hydrogen-bond donors (Lipinski definition) is 4. The van der Waals surface area contributed by atoms with Crippen LogP contribution in [-0.2, 0) is 4.84 Å². The van der Waals surface area contributed by atoms with E-state index in [0.717, 1.165) is 0 Å². The minimum Gasteiger partial charge on any atom is -0.394 e. The van der Waals surface area contributed by atoms with E-state index in [2.05, 4.69) is 10.8 Å². The van der Waals surface area contributed by atoms with E-state index in [-0.39, 0.29) is 13.2 Å². The Balaban J connectivity index is 2.80. The first-order valence-electron chi connectivity index (χ1n) is 4.79. The highest BCUT2D eigenvalue weighted by Crippen LogP contribution is 2.22. The minimum absolute atomic E-state index is 0.0682. The van der Waals surface area contributed by atoms with Crippen molar-refractivity contribution in [2.24, 2.45) is 5.73 Å². The van der Waals surface area contributed by atoms with Gasteiger partial charge in [-0.3, -0.25) is 15.1 Å². The molecule has 0 bridgehead atoms. The number of primary amides is 1. The first-order chi connectivity index (χ1) is 7.69. The quantitative estimate of drug-likeness (QED) is 0.408. The third kappa shape index (κ3) is 3.11. The fourth-order valence-electron chi connectivity index (χ4n) is 1.17. The molecule has 0 heterocycles. The Hall–Kier alpha value is -1.79. The number of aliphatic hydroxyl groups is 1. The van der Waals surface area contributed by atoms with Gasteiger partial charge in [-0.1, -0.05) is 0 Å². The number of anilines is 2. The lowest BCUT2D eigenvalue weighted by atomic mass is 10.1. The second-order valence-corrected chi connectivity index (χ2v) is 3.05. The van der Waals surface area contributed by atoms with Crippen molar-refractivity contribution in [2.75, 3.05) is 31.1 Å². The monoisotopic (exact) mass is 225 g/mol. The molecular weight excluding hydrogens is 210 g/mol. The van der Waals surface area contributed by atoms with E-state index >= 15 is 0 Å². The molecule has 0 spiro atoms. The van der Waals surface area contributed by atoms with E-state index in [0.29, 0.717) is 16.9 Å². The minimum atomic E-state index is -0.487. The van der Waals surface area contributed by atoms with E-state index in [1.165, 1.54) is 0 Å². The Labute approximate surface area is 93.4 Å². The summed E-state index contributed by atoms with van der Waals surface area (Å²) < 4.78 is 0. The molecule has 6 nitrogen and oxygen atoms in total. The number of nitrogens with one attached hydrogen (secondary N) is 2. The van der Waals surface area contributed by atoms with Crippen molar-refractivity contribution in [3.05, 3.63) is 23.8 Å². The smallest absolute Gasteiger partial charge is 0.248 e. The molecule has 0 unspecified atom stereocenters. The summed E-state index contributed by atoms with van der Waals surface area (Å²) in [4.78, 5) is 15.9. The van der Waals surface area contributed by atoms with Crippen molar-refractivity contribution in [3.63, 3.8) is 0 Å². The third-order valence-corrected chi connectivity index (χ3v) is 1.95. The predicted molar refractivity (Wildman–Crippen MR) is 61.2 cm³/mol. The lowest BCUT2D eigenvalue weighted by molar-refractivity contribution is 0.100. The highest BCUT2D eigenvalue weighted by atomic mass is 16.6. The van der Waals surface area contributed by atoms with Crippen molar-refractivity contribution in [3.8, 4) is 0 Å². The van der Waals surface area contributed by atoms with Gasteiger partial charge < -0.3 is 16.2 Å². The van der Waals surface area contributed by atoms with Crippen LogP contribution in [0.4, 0.5) is 11.4 Å².